The van der Waals surface area contributed by atoms with Gasteiger partial charge in [0.1, 0.15) is 6.04 Å². The zero-order valence-corrected chi connectivity index (χ0v) is 14.8. The summed E-state index contributed by atoms with van der Waals surface area (Å²) in [7, 11) is 0. The summed E-state index contributed by atoms with van der Waals surface area (Å²) in [6.07, 6.45) is -3.18. The van der Waals surface area contributed by atoms with Crippen molar-refractivity contribution in [3.05, 3.63) is 0 Å². The second kappa shape index (κ2) is 7.91. The maximum Gasteiger partial charge on any atom is 0.403 e. The number of hydrogen-bond donors (Lipinski definition) is 1. The molecule has 0 bridgehead atoms. The van der Waals surface area contributed by atoms with Crippen molar-refractivity contribution in [1.82, 2.24) is 15.1 Å². The molecule has 8 heteroatoms. The maximum atomic E-state index is 12.8. The lowest BCUT2D eigenvalue weighted by atomic mass is 9.90. The van der Waals surface area contributed by atoms with Crippen LogP contribution >= 0.6 is 0 Å². The molecule has 0 spiro atoms. The van der Waals surface area contributed by atoms with Gasteiger partial charge in [-0.1, -0.05) is 6.92 Å². The Hall–Kier alpha value is -1.02. The van der Waals surface area contributed by atoms with Crippen molar-refractivity contribution in [3.8, 4) is 0 Å². The fourth-order valence-electron chi connectivity index (χ4n) is 3.05. The summed E-state index contributed by atoms with van der Waals surface area (Å²) in [5, 5.41) is 3.26. The number of piperazine rings is 1. The molecule has 0 aliphatic carbocycles. The molecule has 2 aliphatic rings. The highest BCUT2D eigenvalue weighted by Gasteiger charge is 2.41. The van der Waals surface area contributed by atoms with E-state index in [1.165, 1.54) is 11.8 Å². The van der Waals surface area contributed by atoms with Gasteiger partial charge in [0.2, 0.25) is 0 Å². The number of alkyl halides is 3. The molecule has 0 radical (unpaired) electrons. The molecule has 24 heavy (non-hydrogen) atoms. The van der Waals surface area contributed by atoms with Crippen molar-refractivity contribution >= 4 is 5.96 Å². The first-order chi connectivity index (χ1) is 11.2. The molecule has 0 aromatic carbocycles. The summed E-state index contributed by atoms with van der Waals surface area (Å²) >= 11 is 0. The molecule has 2 atom stereocenters. The van der Waals surface area contributed by atoms with E-state index >= 15 is 0 Å². The third kappa shape index (κ3) is 4.99. The predicted octanol–water partition coefficient (Wildman–Crippen LogP) is 1.95. The highest BCUT2D eigenvalue weighted by Crippen LogP contribution is 2.28. The summed E-state index contributed by atoms with van der Waals surface area (Å²) in [4.78, 5) is 8.27. The van der Waals surface area contributed by atoms with Crippen LogP contribution in [-0.2, 0) is 4.74 Å². The van der Waals surface area contributed by atoms with Crippen LogP contribution in [0.5, 0.6) is 0 Å². The maximum absolute atomic E-state index is 12.8. The SMILES string of the molecule is CCNC(=NCC1(C)CCOC1)N1CCN(C(C)C(F)(F)F)CC1. The van der Waals surface area contributed by atoms with Gasteiger partial charge in [-0.15, -0.1) is 0 Å². The van der Waals surface area contributed by atoms with Crippen LogP contribution in [0.25, 0.3) is 0 Å². The van der Waals surface area contributed by atoms with E-state index in [9.17, 15) is 13.2 Å². The number of guanidine groups is 1. The van der Waals surface area contributed by atoms with Crippen LogP contribution in [0.1, 0.15) is 27.2 Å². The minimum Gasteiger partial charge on any atom is -0.381 e. The topological polar surface area (TPSA) is 40.1 Å². The number of ether oxygens (including phenoxy) is 1. The Kier molecular flexibility index (Phi) is 6.36. The Morgan fingerprint density at radius 1 is 1.29 bits per heavy atom. The molecular weight excluding hydrogens is 321 g/mol. The smallest absolute Gasteiger partial charge is 0.381 e. The molecule has 2 aliphatic heterocycles. The van der Waals surface area contributed by atoms with Crippen LogP contribution in [-0.4, -0.2) is 80.5 Å². The van der Waals surface area contributed by atoms with Gasteiger partial charge in [-0.3, -0.25) is 9.89 Å². The summed E-state index contributed by atoms with van der Waals surface area (Å²) in [6.45, 7) is 10.2. The number of hydrogen-bond acceptors (Lipinski definition) is 3. The van der Waals surface area contributed by atoms with Crippen LogP contribution in [0.15, 0.2) is 4.99 Å². The van der Waals surface area contributed by atoms with Gasteiger partial charge >= 0.3 is 6.18 Å². The lowest BCUT2D eigenvalue weighted by Gasteiger charge is -2.39. The fourth-order valence-corrected chi connectivity index (χ4v) is 3.05. The van der Waals surface area contributed by atoms with Crippen LogP contribution in [0, 0.1) is 5.41 Å². The third-order valence-electron chi connectivity index (χ3n) is 4.88. The van der Waals surface area contributed by atoms with Gasteiger partial charge in [0, 0.05) is 44.7 Å². The van der Waals surface area contributed by atoms with Gasteiger partial charge in [-0.2, -0.15) is 13.2 Å². The zero-order chi connectivity index (χ0) is 17.8. The number of rotatable bonds is 4. The molecule has 0 saturated carbocycles. The van der Waals surface area contributed by atoms with Gasteiger partial charge in [0.25, 0.3) is 0 Å². The van der Waals surface area contributed by atoms with Crippen molar-refractivity contribution in [2.45, 2.75) is 39.4 Å². The van der Waals surface area contributed by atoms with E-state index in [2.05, 4.69) is 17.1 Å². The molecule has 1 N–H and O–H groups in total. The molecule has 140 valence electrons. The van der Waals surface area contributed by atoms with Crippen molar-refractivity contribution in [1.29, 1.82) is 0 Å². The average molecular weight is 350 g/mol. The zero-order valence-electron chi connectivity index (χ0n) is 14.8. The van der Waals surface area contributed by atoms with Gasteiger partial charge in [0.05, 0.1) is 13.2 Å². The van der Waals surface area contributed by atoms with E-state index < -0.39 is 12.2 Å². The van der Waals surface area contributed by atoms with Crippen LogP contribution in [0.4, 0.5) is 13.2 Å². The third-order valence-corrected chi connectivity index (χ3v) is 4.88. The monoisotopic (exact) mass is 350 g/mol. The molecule has 0 amide bonds. The Balaban J connectivity index is 1.93. The lowest BCUT2D eigenvalue weighted by molar-refractivity contribution is -0.181. The number of nitrogens with zero attached hydrogens (tertiary/aromatic N) is 3. The standard InChI is InChI=1S/C16H29F3N4O/c1-4-20-14(21-11-15(3)5-10-24-12-15)23-8-6-22(7-9-23)13(2)16(17,18)19/h13H,4-12H2,1-3H3,(H,20,21). The molecule has 2 unspecified atom stereocenters. The Bertz CT molecular complexity index is 428. The van der Waals surface area contributed by atoms with E-state index in [1.54, 1.807) is 0 Å². The van der Waals surface area contributed by atoms with Crippen LogP contribution in [0.2, 0.25) is 0 Å². The minimum atomic E-state index is -4.17. The summed E-state index contributed by atoms with van der Waals surface area (Å²) < 4.78 is 44.0. The van der Waals surface area contributed by atoms with E-state index in [-0.39, 0.29) is 5.41 Å². The van der Waals surface area contributed by atoms with E-state index in [1.807, 2.05) is 6.92 Å². The van der Waals surface area contributed by atoms with Gasteiger partial charge in [-0.05, 0) is 20.3 Å². The quantitative estimate of drug-likeness (QED) is 0.621. The van der Waals surface area contributed by atoms with Gasteiger partial charge in [0.15, 0.2) is 5.96 Å². The molecule has 0 aromatic rings. The second-order valence-corrected chi connectivity index (χ2v) is 7.02. The first-order valence-corrected chi connectivity index (χ1v) is 8.67. The number of aliphatic imine (C=N–C) groups is 1. The van der Waals surface area contributed by atoms with Gasteiger partial charge in [-0.25, -0.2) is 0 Å². The molecule has 2 fully saturated rings. The molecule has 2 saturated heterocycles. The van der Waals surface area contributed by atoms with Crippen LogP contribution < -0.4 is 5.32 Å². The largest absolute Gasteiger partial charge is 0.403 e. The highest BCUT2D eigenvalue weighted by molar-refractivity contribution is 5.80. The van der Waals surface area contributed by atoms with Crippen molar-refractivity contribution in [2.24, 2.45) is 10.4 Å². The first kappa shape index (κ1) is 19.3. The second-order valence-electron chi connectivity index (χ2n) is 7.02. The van der Waals surface area contributed by atoms with Crippen molar-refractivity contribution < 1.29 is 17.9 Å². The molecule has 2 rings (SSSR count). The molecular formula is C16H29F3N4O. The molecule has 2 heterocycles. The average Bonchev–Trinajstić information content (AvgIpc) is 2.97. The van der Waals surface area contributed by atoms with E-state index in [0.29, 0.717) is 39.3 Å². The van der Waals surface area contributed by atoms with Crippen LogP contribution in [0.3, 0.4) is 0 Å². The Morgan fingerprint density at radius 3 is 2.46 bits per heavy atom. The Morgan fingerprint density at radius 2 is 1.96 bits per heavy atom. The number of nitrogens with one attached hydrogen (secondary N) is 1. The summed E-state index contributed by atoms with van der Waals surface area (Å²) in [6, 6.07) is -1.39. The lowest BCUT2D eigenvalue weighted by Crippen LogP contribution is -2.56. The summed E-state index contributed by atoms with van der Waals surface area (Å²) in [5.41, 5.74) is 0.0628. The normalized spacial score (nSPS) is 28.2. The number of halogens is 3. The highest BCUT2D eigenvalue weighted by atomic mass is 19.4. The molecule has 0 aromatic heterocycles. The fraction of sp³-hybridized carbons (Fsp3) is 0.938. The predicted molar refractivity (Wildman–Crippen MR) is 88.2 cm³/mol. The van der Waals surface area contributed by atoms with Gasteiger partial charge < -0.3 is 15.0 Å². The summed E-state index contributed by atoms with van der Waals surface area (Å²) in [5.74, 6) is 0.796. The Labute approximate surface area is 142 Å². The van der Waals surface area contributed by atoms with Crippen molar-refractivity contribution in [2.75, 3.05) is 52.5 Å². The van der Waals surface area contributed by atoms with E-state index in [4.69, 9.17) is 9.73 Å². The van der Waals surface area contributed by atoms with Crippen molar-refractivity contribution in [3.63, 3.8) is 0 Å². The minimum absolute atomic E-state index is 0.0628. The molecule has 5 nitrogen and oxygen atoms in total. The first-order valence-electron chi connectivity index (χ1n) is 8.67. The van der Waals surface area contributed by atoms with E-state index in [0.717, 1.165) is 25.5 Å².